The molecule has 0 aliphatic carbocycles. The molecule has 3 aromatic rings. The Morgan fingerprint density at radius 2 is 2.03 bits per heavy atom. The number of aromatic nitrogens is 2. The first-order chi connectivity index (χ1) is 15.9. The number of carbonyl (C=O) groups is 2. The van der Waals surface area contributed by atoms with Crippen LogP contribution in [0.25, 0.3) is 10.8 Å². The fourth-order valence-corrected chi connectivity index (χ4v) is 4.77. The molecule has 2 aromatic carbocycles. The summed E-state index contributed by atoms with van der Waals surface area (Å²) >= 11 is 0. The average Bonchev–Trinajstić information content (AvgIpc) is 3.41. The molecule has 1 fully saturated rings. The summed E-state index contributed by atoms with van der Waals surface area (Å²) in [4.78, 5) is 26.9. The minimum atomic E-state index is -0.408. The lowest BCUT2D eigenvalue weighted by molar-refractivity contribution is -0.130. The maximum atomic E-state index is 12.9. The van der Waals surface area contributed by atoms with Crippen molar-refractivity contribution >= 4 is 22.6 Å². The minimum Gasteiger partial charge on any atom is -0.496 e. The molecule has 4 rings (SSSR count). The lowest BCUT2D eigenvalue weighted by Gasteiger charge is -2.31. The molecule has 7 heteroatoms. The smallest absolute Gasteiger partial charge is 0.222 e. The van der Waals surface area contributed by atoms with Crippen LogP contribution in [0.4, 0.5) is 0 Å². The zero-order valence-electron chi connectivity index (χ0n) is 19.6. The summed E-state index contributed by atoms with van der Waals surface area (Å²) in [6.07, 6.45) is 7.53. The van der Waals surface area contributed by atoms with Crippen LogP contribution < -0.4 is 10.1 Å². The standard InChI is InChI=1S/C26H32N4O3/c1-29(15-12-19-17-27-30(2)18-19)25(32)11-14-26(13-10-24(31)28-26)16-20-8-9-23(33-3)22-7-5-4-6-21(20)22/h4-9,17-18H,10-16H2,1-3H3,(H,28,31)/t26-/m0/s1. The number of benzene rings is 2. The number of nitrogens with one attached hydrogen (secondary N) is 1. The quantitative estimate of drug-likeness (QED) is 0.545. The maximum absolute atomic E-state index is 12.9. The lowest BCUT2D eigenvalue weighted by Crippen LogP contribution is -2.44. The van der Waals surface area contributed by atoms with Gasteiger partial charge < -0.3 is 15.0 Å². The summed E-state index contributed by atoms with van der Waals surface area (Å²) < 4.78 is 7.30. The molecule has 1 aliphatic rings. The summed E-state index contributed by atoms with van der Waals surface area (Å²) in [6.45, 7) is 0.646. The van der Waals surface area contributed by atoms with Gasteiger partial charge in [-0.2, -0.15) is 5.10 Å². The highest BCUT2D eigenvalue weighted by atomic mass is 16.5. The number of nitrogens with zero attached hydrogens (tertiary/aromatic N) is 3. The van der Waals surface area contributed by atoms with E-state index >= 15 is 0 Å². The summed E-state index contributed by atoms with van der Waals surface area (Å²) in [5, 5.41) is 9.57. The van der Waals surface area contributed by atoms with Crippen molar-refractivity contribution in [3.63, 3.8) is 0 Å². The predicted molar refractivity (Wildman–Crippen MR) is 128 cm³/mol. The molecule has 1 aliphatic heterocycles. The van der Waals surface area contributed by atoms with Crippen LogP contribution in [0, 0.1) is 0 Å². The lowest BCUT2D eigenvalue weighted by atomic mass is 9.83. The van der Waals surface area contributed by atoms with Crippen LogP contribution in [0.1, 0.15) is 36.8 Å². The fraction of sp³-hybridized carbons (Fsp3) is 0.423. The molecule has 2 heterocycles. The van der Waals surface area contributed by atoms with E-state index in [0.29, 0.717) is 32.2 Å². The van der Waals surface area contributed by atoms with E-state index in [-0.39, 0.29) is 11.8 Å². The van der Waals surface area contributed by atoms with Gasteiger partial charge in [0.2, 0.25) is 11.8 Å². The van der Waals surface area contributed by atoms with Crippen molar-refractivity contribution in [2.24, 2.45) is 7.05 Å². The van der Waals surface area contributed by atoms with Gasteiger partial charge in [0, 0.05) is 50.6 Å². The third-order valence-electron chi connectivity index (χ3n) is 6.70. The van der Waals surface area contributed by atoms with Gasteiger partial charge in [0.1, 0.15) is 5.75 Å². The Balaban J connectivity index is 1.45. The number of carbonyl (C=O) groups excluding carboxylic acids is 2. The zero-order valence-corrected chi connectivity index (χ0v) is 19.6. The van der Waals surface area contributed by atoms with Gasteiger partial charge in [-0.15, -0.1) is 0 Å². The molecule has 1 N–H and O–H groups in total. The van der Waals surface area contributed by atoms with E-state index in [9.17, 15) is 9.59 Å². The Labute approximate surface area is 194 Å². The van der Waals surface area contributed by atoms with Gasteiger partial charge in [0.05, 0.1) is 13.3 Å². The van der Waals surface area contributed by atoms with Crippen LogP contribution in [-0.4, -0.2) is 52.7 Å². The van der Waals surface area contributed by atoms with E-state index in [4.69, 9.17) is 4.74 Å². The number of amides is 2. The van der Waals surface area contributed by atoms with Gasteiger partial charge in [-0.3, -0.25) is 14.3 Å². The van der Waals surface area contributed by atoms with Crippen LogP contribution in [0.3, 0.4) is 0 Å². The topological polar surface area (TPSA) is 76.5 Å². The minimum absolute atomic E-state index is 0.0604. The normalized spacial score (nSPS) is 17.8. The number of aryl methyl sites for hydroxylation is 1. The average molecular weight is 449 g/mol. The van der Waals surface area contributed by atoms with Gasteiger partial charge >= 0.3 is 0 Å². The van der Waals surface area contributed by atoms with Gasteiger partial charge in [-0.1, -0.05) is 30.3 Å². The van der Waals surface area contributed by atoms with Gasteiger partial charge in [-0.25, -0.2) is 0 Å². The monoisotopic (exact) mass is 448 g/mol. The second kappa shape index (κ2) is 9.65. The third-order valence-corrected chi connectivity index (χ3v) is 6.70. The number of methoxy groups -OCH3 is 1. The first-order valence-corrected chi connectivity index (χ1v) is 11.5. The highest BCUT2D eigenvalue weighted by Gasteiger charge is 2.38. The van der Waals surface area contributed by atoms with Crippen LogP contribution >= 0.6 is 0 Å². The first-order valence-electron chi connectivity index (χ1n) is 11.5. The van der Waals surface area contributed by atoms with Crippen molar-refractivity contribution in [1.82, 2.24) is 20.0 Å². The summed E-state index contributed by atoms with van der Waals surface area (Å²) in [5.41, 5.74) is 1.86. The van der Waals surface area contributed by atoms with E-state index < -0.39 is 5.54 Å². The third kappa shape index (κ3) is 5.18. The molecule has 0 saturated carbocycles. The maximum Gasteiger partial charge on any atom is 0.222 e. The van der Waals surface area contributed by atoms with E-state index in [0.717, 1.165) is 40.5 Å². The molecule has 0 radical (unpaired) electrons. The van der Waals surface area contributed by atoms with E-state index in [1.54, 1.807) is 16.7 Å². The van der Waals surface area contributed by atoms with E-state index in [1.807, 2.05) is 44.7 Å². The summed E-state index contributed by atoms with van der Waals surface area (Å²) in [7, 11) is 5.41. The van der Waals surface area contributed by atoms with E-state index in [2.05, 4.69) is 28.6 Å². The number of fused-ring (bicyclic) bond motifs is 1. The number of rotatable bonds is 9. The molecule has 1 atom stereocenters. The molecular weight excluding hydrogens is 416 g/mol. The fourth-order valence-electron chi connectivity index (χ4n) is 4.77. The predicted octanol–water partition coefficient (Wildman–Crippen LogP) is 3.25. The molecule has 0 bridgehead atoms. The summed E-state index contributed by atoms with van der Waals surface area (Å²) in [5.74, 6) is 0.994. The largest absolute Gasteiger partial charge is 0.496 e. The van der Waals surface area contributed by atoms with Crippen molar-refractivity contribution < 1.29 is 14.3 Å². The van der Waals surface area contributed by atoms with Crippen molar-refractivity contribution in [3.8, 4) is 5.75 Å². The van der Waals surface area contributed by atoms with Crippen molar-refractivity contribution in [2.75, 3.05) is 20.7 Å². The molecule has 0 unspecified atom stereocenters. The molecule has 1 aromatic heterocycles. The number of ether oxygens (including phenoxy) is 1. The number of hydrogen-bond donors (Lipinski definition) is 1. The van der Waals surface area contributed by atoms with Gasteiger partial charge in [-0.05, 0) is 48.3 Å². The molecular formula is C26H32N4O3. The molecule has 2 amide bonds. The van der Waals surface area contributed by atoms with Crippen molar-refractivity contribution in [1.29, 1.82) is 0 Å². The van der Waals surface area contributed by atoms with Gasteiger partial charge in [0.25, 0.3) is 0 Å². The Morgan fingerprint density at radius 1 is 1.24 bits per heavy atom. The molecule has 7 nitrogen and oxygen atoms in total. The van der Waals surface area contributed by atoms with Gasteiger partial charge in [0.15, 0.2) is 0 Å². The first kappa shape index (κ1) is 22.8. The number of likely N-dealkylation sites (N-methyl/N-ethyl adjacent to an activating group) is 1. The summed E-state index contributed by atoms with van der Waals surface area (Å²) in [6, 6.07) is 12.2. The highest BCUT2D eigenvalue weighted by molar-refractivity contribution is 5.91. The Kier molecular flexibility index (Phi) is 6.67. The van der Waals surface area contributed by atoms with Crippen LogP contribution in [0.15, 0.2) is 48.8 Å². The Morgan fingerprint density at radius 3 is 2.70 bits per heavy atom. The van der Waals surface area contributed by atoms with Crippen molar-refractivity contribution in [2.45, 2.75) is 44.1 Å². The van der Waals surface area contributed by atoms with Crippen LogP contribution in [-0.2, 0) is 29.5 Å². The second-order valence-electron chi connectivity index (χ2n) is 9.07. The number of hydrogen-bond acceptors (Lipinski definition) is 4. The Hall–Kier alpha value is -3.35. The molecule has 33 heavy (non-hydrogen) atoms. The zero-order chi connectivity index (χ0) is 23.4. The van der Waals surface area contributed by atoms with E-state index in [1.165, 1.54) is 0 Å². The van der Waals surface area contributed by atoms with Crippen molar-refractivity contribution in [3.05, 3.63) is 59.9 Å². The molecule has 174 valence electrons. The van der Waals surface area contributed by atoms with Crippen LogP contribution in [0.5, 0.6) is 5.75 Å². The van der Waals surface area contributed by atoms with Crippen LogP contribution in [0.2, 0.25) is 0 Å². The molecule has 1 saturated heterocycles. The highest BCUT2D eigenvalue weighted by Crippen LogP contribution is 2.35. The second-order valence-corrected chi connectivity index (χ2v) is 9.07. The Bertz CT molecular complexity index is 1160. The molecule has 0 spiro atoms. The SMILES string of the molecule is COc1ccc(C[C@@]2(CCC(=O)N(C)CCc3cnn(C)c3)CCC(=O)N2)c2ccccc12.